The summed E-state index contributed by atoms with van der Waals surface area (Å²) >= 11 is 0. The Morgan fingerprint density at radius 3 is 2.04 bits per heavy atom. The number of nitrogens with one attached hydrogen (secondary N) is 3. The second kappa shape index (κ2) is 34.2. The molecule has 4 aromatic carbocycles. The van der Waals surface area contributed by atoms with Gasteiger partial charge in [-0.05, 0) is 144 Å². The van der Waals surface area contributed by atoms with Crippen LogP contribution in [0.1, 0.15) is 153 Å². The lowest BCUT2D eigenvalue weighted by atomic mass is 9.76. The lowest BCUT2D eigenvalue weighted by Crippen LogP contribution is -2.46. The van der Waals surface area contributed by atoms with E-state index in [2.05, 4.69) is 89.5 Å². The van der Waals surface area contributed by atoms with Crippen LogP contribution in [0, 0.1) is 11.8 Å². The summed E-state index contributed by atoms with van der Waals surface area (Å²) in [5.74, 6) is -4.05. The van der Waals surface area contributed by atoms with Gasteiger partial charge in [-0.2, -0.15) is 21.4 Å². The molecule has 0 spiro atoms. The fourth-order valence-electron chi connectivity index (χ4n) is 13.3. The van der Waals surface area contributed by atoms with Gasteiger partial charge in [0.1, 0.15) is 29.9 Å². The van der Waals surface area contributed by atoms with Crippen LogP contribution in [-0.4, -0.2) is 144 Å². The molecule has 5 atom stereocenters. The predicted octanol–water partition coefficient (Wildman–Crippen LogP) is 10.3. The Hall–Kier alpha value is -7.57. The molecular weight excluding hydrogens is 1240 g/mol. The Morgan fingerprint density at radius 2 is 1.36 bits per heavy atom. The number of nitrogens with zero attached hydrogens (tertiary/aromatic N) is 2. The highest BCUT2D eigenvalue weighted by Crippen LogP contribution is 2.48. The number of hydrogen-bond acceptors (Lipinski definition) is 13. The summed E-state index contributed by atoms with van der Waals surface area (Å²) in [6, 6.07) is 29.9. The number of aliphatic carboxylic acids is 2. The van der Waals surface area contributed by atoms with E-state index in [-0.39, 0.29) is 99.2 Å². The number of carbonyl (C=O) groups is 6. The minimum Gasteiger partial charge on any atom is -0.481 e. The van der Waals surface area contributed by atoms with Gasteiger partial charge in [0, 0.05) is 92.6 Å². The zero-order valence-electron chi connectivity index (χ0n) is 54.7. The number of benzene rings is 4. The van der Waals surface area contributed by atoms with E-state index < -0.39 is 73.3 Å². The fraction of sp³-hybridized carbons (Fsp3) is 0.507. The van der Waals surface area contributed by atoms with Gasteiger partial charge < -0.3 is 40.5 Å². The number of ether oxygens (including phenoxy) is 2. The molecule has 4 aromatic rings. The summed E-state index contributed by atoms with van der Waals surface area (Å²) in [7, 11) is -8.24. The van der Waals surface area contributed by atoms with Crippen molar-refractivity contribution < 1.29 is 79.0 Å². The standard InChI is InChI=1S/C71H93N5O16S2/c1-6-72-69(84)74-58(68(82)83)36-33-54(77)24-19-42-91-43-39-65(79)73-59(47-49-20-8-7-9-21-49)62(78)48-53(67(80)81)46-50-29-34-55(35-30-50)92-66-51(31-37-63-70(2,3)56-25-10-12-27-60(56)75(63)40-14-16-44-93(85,86)87)22-18-23-52(66)32-38-64-71(4,5)57-26-11-13-28-61(57)76(64)41-15-17-45-94(88,89)90/h7-13,20-21,25-31,34-35,37,52-53,58-59,64H,6,14-19,22-24,32-33,36,38-48H2,1-5H3,(H6-,72,73,74,79,80,81,82,83,84,85,86,87,88,89,90)/p+1/b37-31+/t52?,53-,58+,59+,64?/m1/s1. The molecular formula is C71H94N5O16S2+. The van der Waals surface area contributed by atoms with Crippen LogP contribution in [-0.2, 0) is 72.6 Å². The molecule has 0 fully saturated rings. The Morgan fingerprint density at radius 1 is 0.702 bits per heavy atom. The van der Waals surface area contributed by atoms with Crippen LogP contribution >= 0.6 is 0 Å². The third-order valence-corrected chi connectivity index (χ3v) is 19.8. The number of allylic oxidation sites excluding steroid dienone is 4. The number of para-hydroxylation sites is 2. The van der Waals surface area contributed by atoms with E-state index in [1.807, 2.05) is 66.7 Å². The van der Waals surface area contributed by atoms with Gasteiger partial charge in [0.15, 0.2) is 11.5 Å². The Labute approximate surface area is 553 Å². The van der Waals surface area contributed by atoms with E-state index in [9.17, 15) is 64.9 Å². The number of Topliss-reactive ketones (excluding diaryl/α,β-unsaturated/α-hetero) is 2. The number of anilines is 1. The van der Waals surface area contributed by atoms with Crippen LogP contribution in [0.4, 0.5) is 16.2 Å². The molecule has 1 aliphatic carbocycles. The van der Waals surface area contributed by atoms with Gasteiger partial charge in [-0.1, -0.05) is 92.7 Å². The fourth-order valence-corrected chi connectivity index (χ4v) is 14.4. The molecule has 0 saturated heterocycles. The molecule has 21 nitrogen and oxygen atoms in total. The van der Waals surface area contributed by atoms with E-state index in [1.165, 1.54) is 5.56 Å². The molecule has 3 aliphatic rings. The van der Waals surface area contributed by atoms with Crippen molar-refractivity contribution in [1.82, 2.24) is 16.0 Å². The number of carbonyl (C=O) groups excluding carboxylic acids is 4. The van der Waals surface area contributed by atoms with Gasteiger partial charge in [-0.15, -0.1) is 0 Å². The molecule has 3 amide bonds. The summed E-state index contributed by atoms with van der Waals surface area (Å²) in [5, 5.41) is 27.7. The van der Waals surface area contributed by atoms with Crippen molar-refractivity contribution in [3.8, 4) is 5.75 Å². The zero-order chi connectivity index (χ0) is 68.2. The molecule has 0 saturated carbocycles. The second-order valence-electron chi connectivity index (χ2n) is 25.9. The number of unbranched alkanes of at least 4 members (excludes halogenated alkanes) is 2. The molecule has 7 rings (SSSR count). The van der Waals surface area contributed by atoms with Crippen molar-refractivity contribution in [3.63, 3.8) is 0 Å². The SMILES string of the molecule is CCNC(=O)N[C@@H](CCC(=O)CCCOCCC(=O)N[C@@H](Cc1ccccc1)C(=O)C[C@@H](Cc1ccc(OC2=C(/C=C/C3=[N+](CCCCS(=O)(=O)O)c4ccccc4C3(C)C)CCCC2CCC2N(CCCCS(=O)(=O)O)c3ccccc3C2(C)C)cc1)C(=O)O)C(=O)O. The van der Waals surface area contributed by atoms with Crippen LogP contribution < -0.4 is 25.6 Å². The second-order valence-corrected chi connectivity index (χ2v) is 29.1. The van der Waals surface area contributed by atoms with E-state index in [0.717, 1.165) is 71.6 Å². The Bertz CT molecular complexity index is 3620. The number of carboxylic acid groups (broad SMARTS) is 2. The third-order valence-electron chi connectivity index (χ3n) is 18.2. The monoisotopic (exact) mass is 1340 g/mol. The summed E-state index contributed by atoms with van der Waals surface area (Å²) in [5.41, 5.74) is 7.23. The van der Waals surface area contributed by atoms with Crippen LogP contribution in [0.15, 0.2) is 127 Å². The van der Waals surface area contributed by atoms with Gasteiger partial charge in [0.2, 0.25) is 11.6 Å². The van der Waals surface area contributed by atoms with E-state index in [1.54, 1.807) is 19.1 Å². The average molecular weight is 1340 g/mol. The quantitative estimate of drug-likeness (QED) is 0.0124. The van der Waals surface area contributed by atoms with Crippen molar-refractivity contribution in [1.29, 1.82) is 0 Å². The number of urea groups is 1. The maximum Gasteiger partial charge on any atom is 0.326 e. The van der Waals surface area contributed by atoms with Crippen LogP contribution in [0.25, 0.3) is 0 Å². The first kappa shape index (κ1) is 73.8. The first-order chi connectivity index (χ1) is 44.6. The van der Waals surface area contributed by atoms with Crippen molar-refractivity contribution >= 4 is 72.8 Å². The molecule has 0 bridgehead atoms. The van der Waals surface area contributed by atoms with Crippen LogP contribution in [0.5, 0.6) is 5.75 Å². The lowest BCUT2D eigenvalue weighted by molar-refractivity contribution is -0.438. The van der Waals surface area contributed by atoms with Gasteiger partial charge in [-0.25, -0.2) is 9.59 Å². The van der Waals surface area contributed by atoms with Crippen LogP contribution in [0.3, 0.4) is 0 Å². The first-order valence-corrected chi connectivity index (χ1v) is 36.0. The minimum atomic E-state index is -4.13. The minimum absolute atomic E-state index is 0.00508. The molecule has 94 heavy (non-hydrogen) atoms. The smallest absolute Gasteiger partial charge is 0.326 e. The van der Waals surface area contributed by atoms with Crippen molar-refractivity contribution in [2.75, 3.05) is 49.3 Å². The molecule has 2 heterocycles. The largest absolute Gasteiger partial charge is 0.481 e. The van der Waals surface area contributed by atoms with E-state index in [4.69, 9.17) is 9.47 Å². The molecule has 23 heteroatoms. The van der Waals surface area contributed by atoms with Crippen LogP contribution in [0.2, 0.25) is 0 Å². The first-order valence-electron chi connectivity index (χ1n) is 32.8. The molecule has 0 aromatic heterocycles. The van der Waals surface area contributed by atoms with Crippen molar-refractivity contribution in [2.24, 2.45) is 11.8 Å². The van der Waals surface area contributed by atoms with Gasteiger partial charge >= 0.3 is 18.0 Å². The van der Waals surface area contributed by atoms with Crippen molar-refractivity contribution in [3.05, 3.63) is 149 Å². The number of carboxylic acids is 2. The topological polar surface area (TPSA) is 312 Å². The van der Waals surface area contributed by atoms with Gasteiger partial charge in [0.05, 0.1) is 35.5 Å². The Balaban J connectivity index is 1.06. The number of fused-ring (bicyclic) bond motifs is 2. The maximum atomic E-state index is 14.2. The molecule has 2 aliphatic heterocycles. The number of amides is 3. The summed E-state index contributed by atoms with van der Waals surface area (Å²) in [6.07, 6.45) is 9.87. The third kappa shape index (κ3) is 21.5. The highest BCUT2D eigenvalue weighted by molar-refractivity contribution is 7.86. The normalized spacial score (nSPS) is 17.7. The van der Waals surface area contributed by atoms with E-state index >= 15 is 0 Å². The highest BCUT2D eigenvalue weighted by Gasteiger charge is 2.46. The average Bonchev–Trinajstić information content (AvgIpc) is 1.60. The zero-order valence-corrected chi connectivity index (χ0v) is 56.4. The molecule has 7 N–H and O–H groups in total. The van der Waals surface area contributed by atoms with Crippen molar-refractivity contribution in [2.45, 2.75) is 173 Å². The summed E-state index contributed by atoms with van der Waals surface area (Å²) in [4.78, 5) is 78.9. The maximum absolute atomic E-state index is 14.2. The lowest BCUT2D eigenvalue weighted by Gasteiger charge is -2.37. The highest BCUT2D eigenvalue weighted by atomic mass is 32.2. The van der Waals surface area contributed by atoms with E-state index in [0.29, 0.717) is 56.6 Å². The molecule has 0 radical (unpaired) electrons. The Kier molecular flexibility index (Phi) is 26.9. The molecule has 2 unspecified atom stereocenters. The summed E-state index contributed by atoms with van der Waals surface area (Å²) in [6.45, 7) is 12.1. The number of rotatable bonds is 39. The number of hydrogen-bond donors (Lipinski definition) is 7. The summed E-state index contributed by atoms with van der Waals surface area (Å²) < 4.78 is 80.8. The van der Waals surface area contributed by atoms with Gasteiger partial charge in [0.25, 0.3) is 20.2 Å². The predicted molar refractivity (Wildman–Crippen MR) is 360 cm³/mol. The number of ketones is 2. The molecule has 510 valence electrons. The van der Waals surface area contributed by atoms with Gasteiger partial charge in [-0.3, -0.25) is 28.3 Å².